The predicted octanol–water partition coefficient (Wildman–Crippen LogP) is 3.57. The summed E-state index contributed by atoms with van der Waals surface area (Å²) in [6, 6.07) is 7.73. The van der Waals surface area contributed by atoms with Gasteiger partial charge in [-0.05, 0) is 44.2 Å². The molecular weight excluding hydrogens is 422 g/mol. The highest BCUT2D eigenvalue weighted by atomic mass is 35.5. The van der Waals surface area contributed by atoms with Crippen LogP contribution in [0.25, 0.3) is 0 Å². The summed E-state index contributed by atoms with van der Waals surface area (Å²) in [5.74, 6) is 0.135. The summed E-state index contributed by atoms with van der Waals surface area (Å²) in [5, 5.41) is 10.9. The fourth-order valence-electron chi connectivity index (χ4n) is 2.97. The van der Waals surface area contributed by atoms with Gasteiger partial charge in [-0.2, -0.15) is 0 Å². The van der Waals surface area contributed by atoms with E-state index in [9.17, 15) is 23.3 Å². The Labute approximate surface area is 172 Å². The molecule has 1 aliphatic rings. The second kappa shape index (κ2) is 7.20. The van der Waals surface area contributed by atoms with Gasteiger partial charge in [0.15, 0.2) is 0 Å². The summed E-state index contributed by atoms with van der Waals surface area (Å²) in [7, 11) is -4.09. The number of carbonyl (C=O) groups is 1. The molecule has 1 amide bonds. The third kappa shape index (κ3) is 4.28. The second-order valence-electron chi connectivity index (χ2n) is 7.13. The highest BCUT2D eigenvalue weighted by Crippen LogP contribution is 2.39. The molecule has 1 N–H and O–H groups in total. The third-order valence-electron chi connectivity index (χ3n) is 4.23. The molecule has 0 saturated carbocycles. The Bertz CT molecular complexity index is 1120. The molecule has 3 rings (SSSR count). The lowest BCUT2D eigenvalue weighted by molar-refractivity contribution is -0.384. The first-order chi connectivity index (χ1) is 13.4. The number of nitrogens with one attached hydrogen (secondary N) is 1. The SMILES string of the molecule is CC(=O)N1CC(C)(C)Oc2ccc(S(=O)(=O)Nc3ccc(Cl)c([N+](=O)[O-])c3)cc21. The van der Waals surface area contributed by atoms with Crippen molar-refractivity contribution in [1.29, 1.82) is 0 Å². The molecule has 0 atom stereocenters. The van der Waals surface area contributed by atoms with Crippen molar-refractivity contribution < 1.29 is 22.9 Å². The lowest BCUT2D eigenvalue weighted by Crippen LogP contribution is -2.48. The van der Waals surface area contributed by atoms with Crippen LogP contribution in [-0.2, 0) is 14.8 Å². The van der Waals surface area contributed by atoms with Crippen LogP contribution in [-0.4, -0.2) is 31.4 Å². The third-order valence-corrected chi connectivity index (χ3v) is 5.93. The van der Waals surface area contributed by atoms with Crippen molar-refractivity contribution in [2.24, 2.45) is 0 Å². The number of sulfonamides is 1. The minimum absolute atomic E-state index is 0.0142. The van der Waals surface area contributed by atoms with E-state index >= 15 is 0 Å². The maximum absolute atomic E-state index is 12.8. The highest BCUT2D eigenvalue weighted by molar-refractivity contribution is 7.92. The summed E-state index contributed by atoms with van der Waals surface area (Å²) in [6.45, 7) is 5.30. The molecule has 154 valence electrons. The fourth-order valence-corrected chi connectivity index (χ4v) is 4.22. The first kappa shape index (κ1) is 20.9. The molecule has 9 nitrogen and oxygen atoms in total. The number of amides is 1. The molecule has 0 unspecified atom stereocenters. The highest BCUT2D eigenvalue weighted by Gasteiger charge is 2.34. The van der Waals surface area contributed by atoms with Gasteiger partial charge in [0.1, 0.15) is 16.4 Å². The van der Waals surface area contributed by atoms with Crippen LogP contribution < -0.4 is 14.4 Å². The van der Waals surface area contributed by atoms with E-state index < -0.39 is 26.2 Å². The molecule has 0 aliphatic carbocycles. The zero-order valence-corrected chi connectivity index (χ0v) is 17.4. The van der Waals surface area contributed by atoms with E-state index in [1.807, 2.05) is 13.8 Å². The van der Waals surface area contributed by atoms with E-state index in [1.165, 1.54) is 42.2 Å². The van der Waals surface area contributed by atoms with Gasteiger partial charge in [-0.3, -0.25) is 19.6 Å². The maximum atomic E-state index is 12.8. The number of hydrogen-bond donors (Lipinski definition) is 1. The van der Waals surface area contributed by atoms with Crippen molar-refractivity contribution in [3.05, 3.63) is 51.5 Å². The molecule has 0 saturated heterocycles. The Balaban J connectivity index is 1.99. The van der Waals surface area contributed by atoms with Crippen LogP contribution in [0.2, 0.25) is 5.02 Å². The Kier molecular flexibility index (Phi) is 5.18. The van der Waals surface area contributed by atoms with Gasteiger partial charge in [0.05, 0.1) is 27.7 Å². The summed E-state index contributed by atoms with van der Waals surface area (Å²) in [5.41, 5.74) is -0.725. The molecule has 29 heavy (non-hydrogen) atoms. The van der Waals surface area contributed by atoms with Crippen molar-refractivity contribution in [3.8, 4) is 5.75 Å². The zero-order chi connectivity index (χ0) is 21.6. The molecule has 0 spiro atoms. The zero-order valence-electron chi connectivity index (χ0n) is 15.8. The number of ether oxygens (including phenoxy) is 1. The van der Waals surface area contributed by atoms with Gasteiger partial charge in [0.2, 0.25) is 5.91 Å². The fraction of sp³-hybridized carbons (Fsp3) is 0.278. The number of rotatable bonds is 4. The maximum Gasteiger partial charge on any atom is 0.289 e. The van der Waals surface area contributed by atoms with Crippen LogP contribution in [0.15, 0.2) is 41.3 Å². The van der Waals surface area contributed by atoms with Gasteiger partial charge in [-0.1, -0.05) is 11.6 Å². The average Bonchev–Trinajstić information content (AvgIpc) is 2.61. The van der Waals surface area contributed by atoms with Gasteiger partial charge in [-0.25, -0.2) is 8.42 Å². The van der Waals surface area contributed by atoms with Crippen molar-refractivity contribution >= 4 is 44.6 Å². The lowest BCUT2D eigenvalue weighted by atomic mass is 10.1. The number of halogens is 1. The van der Waals surface area contributed by atoms with Crippen molar-refractivity contribution in [3.63, 3.8) is 0 Å². The van der Waals surface area contributed by atoms with E-state index in [0.717, 1.165) is 6.07 Å². The molecule has 1 heterocycles. The largest absolute Gasteiger partial charge is 0.484 e. The van der Waals surface area contributed by atoms with E-state index in [0.29, 0.717) is 11.4 Å². The monoisotopic (exact) mass is 439 g/mol. The minimum Gasteiger partial charge on any atom is -0.484 e. The molecule has 11 heteroatoms. The molecule has 0 bridgehead atoms. The first-order valence-corrected chi connectivity index (χ1v) is 10.3. The van der Waals surface area contributed by atoms with Crippen LogP contribution >= 0.6 is 11.6 Å². The second-order valence-corrected chi connectivity index (χ2v) is 9.21. The molecule has 0 fully saturated rings. The summed E-state index contributed by atoms with van der Waals surface area (Å²) < 4.78 is 33.7. The molecule has 0 aromatic heterocycles. The lowest BCUT2D eigenvalue weighted by Gasteiger charge is -2.39. The molecule has 1 aliphatic heterocycles. The Morgan fingerprint density at radius 3 is 2.59 bits per heavy atom. The number of nitrogens with zero attached hydrogens (tertiary/aromatic N) is 2. The molecule has 2 aromatic carbocycles. The first-order valence-electron chi connectivity index (χ1n) is 8.47. The normalized spacial score (nSPS) is 15.2. The summed E-state index contributed by atoms with van der Waals surface area (Å²) >= 11 is 5.76. The standard InChI is InChI=1S/C18H18ClN3O6S/c1-11(23)21-10-18(2,3)28-17-7-5-13(9-16(17)21)29(26,27)20-12-4-6-14(19)15(8-12)22(24)25/h4-9,20H,10H2,1-3H3. The van der Waals surface area contributed by atoms with Crippen molar-refractivity contribution in [1.82, 2.24) is 0 Å². The topological polar surface area (TPSA) is 119 Å². The molecule has 0 radical (unpaired) electrons. The van der Waals surface area contributed by atoms with Crippen LogP contribution in [0.5, 0.6) is 5.75 Å². The summed E-state index contributed by atoms with van der Waals surface area (Å²) in [4.78, 5) is 23.7. The van der Waals surface area contributed by atoms with Gasteiger partial charge < -0.3 is 9.64 Å². The number of carbonyl (C=O) groups excluding carboxylic acids is 1. The van der Waals surface area contributed by atoms with Gasteiger partial charge in [0.25, 0.3) is 15.7 Å². The summed E-state index contributed by atoms with van der Waals surface area (Å²) in [6.07, 6.45) is 0. The Morgan fingerprint density at radius 2 is 1.97 bits per heavy atom. The average molecular weight is 440 g/mol. The van der Waals surface area contributed by atoms with E-state index in [-0.39, 0.29) is 28.1 Å². The number of benzene rings is 2. The molecular formula is C18H18ClN3O6S. The van der Waals surface area contributed by atoms with Gasteiger partial charge in [0, 0.05) is 13.0 Å². The van der Waals surface area contributed by atoms with Gasteiger partial charge >= 0.3 is 0 Å². The number of nitro groups is 1. The van der Waals surface area contributed by atoms with Crippen LogP contribution in [0.1, 0.15) is 20.8 Å². The smallest absolute Gasteiger partial charge is 0.289 e. The molecule has 2 aromatic rings. The predicted molar refractivity (Wildman–Crippen MR) is 108 cm³/mol. The van der Waals surface area contributed by atoms with Crippen LogP contribution in [0.3, 0.4) is 0 Å². The van der Waals surface area contributed by atoms with E-state index in [2.05, 4.69) is 4.72 Å². The van der Waals surface area contributed by atoms with Gasteiger partial charge in [-0.15, -0.1) is 0 Å². The van der Waals surface area contributed by atoms with Crippen LogP contribution in [0, 0.1) is 10.1 Å². The quantitative estimate of drug-likeness (QED) is 0.574. The van der Waals surface area contributed by atoms with Crippen LogP contribution in [0.4, 0.5) is 17.1 Å². The number of nitro benzene ring substituents is 1. The Morgan fingerprint density at radius 1 is 1.28 bits per heavy atom. The van der Waals surface area contributed by atoms with Crippen molar-refractivity contribution in [2.45, 2.75) is 31.3 Å². The number of anilines is 2. The van der Waals surface area contributed by atoms with Crippen molar-refractivity contribution in [2.75, 3.05) is 16.2 Å². The van der Waals surface area contributed by atoms with E-state index in [1.54, 1.807) is 0 Å². The number of hydrogen-bond acceptors (Lipinski definition) is 6. The number of fused-ring (bicyclic) bond motifs is 1. The minimum atomic E-state index is -4.09. The Hall–Kier alpha value is -2.85. The van der Waals surface area contributed by atoms with E-state index in [4.69, 9.17) is 16.3 Å².